The van der Waals surface area contributed by atoms with E-state index in [-0.39, 0.29) is 24.3 Å². The second-order valence-electron chi connectivity index (χ2n) is 7.26. The van der Waals surface area contributed by atoms with Gasteiger partial charge in [-0.25, -0.2) is 4.79 Å². The molecule has 5 heteroatoms. The molecule has 0 saturated heterocycles. The molecule has 0 bridgehead atoms. The number of carboxylic acids is 1. The van der Waals surface area contributed by atoms with Gasteiger partial charge in [-0.3, -0.25) is 4.79 Å². The Morgan fingerprint density at radius 1 is 1.42 bits per heavy atom. The summed E-state index contributed by atoms with van der Waals surface area (Å²) in [4.78, 5) is 25.2. The predicted octanol–water partition coefficient (Wildman–Crippen LogP) is 3.15. The Morgan fingerprint density at radius 2 is 2.12 bits per heavy atom. The normalized spacial score (nSPS) is 17.2. The molecule has 0 saturated carbocycles. The van der Waals surface area contributed by atoms with Gasteiger partial charge in [0.1, 0.15) is 5.75 Å². The third-order valence-electron chi connectivity index (χ3n) is 5.47. The second kappa shape index (κ2) is 8.39. The lowest BCUT2D eigenvalue weighted by molar-refractivity contribution is -0.139. The summed E-state index contributed by atoms with van der Waals surface area (Å²) in [5.74, 6) is 0.00618. The van der Waals surface area contributed by atoms with Crippen molar-refractivity contribution >= 4 is 11.9 Å². The summed E-state index contributed by atoms with van der Waals surface area (Å²) in [7, 11) is 1.81. The van der Waals surface area contributed by atoms with Crippen molar-refractivity contribution < 1.29 is 19.4 Å². The highest BCUT2D eigenvalue weighted by atomic mass is 16.5. The van der Waals surface area contributed by atoms with E-state index in [9.17, 15) is 9.59 Å². The van der Waals surface area contributed by atoms with Crippen molar-refractivity contribution in [2.45, 2.75) is 40.0 Å². The number of carbonyl (C=O) groups is 2. The van der Waals surface area contributed by atoms with Crippen LogP contribution < -0.4 is 4.74 Å². The molecule has 0 aromatic heterocycles. The van der Waals surface area contributed by atoms with Gasteiger partial charge in [0.05, 0.1) is 0 Å². The number of hydrogen-bond acceptors (Lipinski definition) is 3. The largest absolute Gasteiger partial charge is 0.482 e. The van der Waals surface area contributed by atoms with E-state index in [1.807, 2.05) is 33.9 Å². The molecule has 5 nitrogen and oxygen atoms in total. The van der Waals surface area contributed by atoms with Crippen LogP contribution in [0.15, 0.2) is 18.7 Å². The van der Waals surface area contributed by atoms with Crippen LogP contribution in [0.2, 0.25) is 0 Å². The van der Waals surface area contributed by atoms with Crippen molar-refractivity contribution in [1.82, 2.24) is 4.90 Å². The Labute approximate surface area is 155 Å². The zero-order valence-corrected chi connectivity index (χ0v) is 16.2. The van der Waals surface area contributed by atoms with Crippen LogP contribution in [0.4, 0.5) is 0 Å². The first kappa shape index (κ1) is 20.0. The molecule has 26 heavy (non-hydrogen) atoms. The van der Waals surface area contributed by atoms with Gasteiger partial charge in [0, 0.05) is 19.5 Å². The van der Waals surface area contributed by atoms with Crippen LogP contribution in [0.3, 0.4) is 0 Å². The Hall–Kier alpha value is -2.30. The standard InChI is InChI=1S/C21H29NO4/c1-6-9-22(5)21(25)14(3)16-7-8-17-13(2)10-19(26-12-20(23)24)15(4)18(17)11-16/h6,10,14,16H,1,7-9,11-12H2,2-5H3,(H,23,24). The molecule has 1 aliphatic rings. The molecule has 1 amide bonds. The average molecular weight is 359 g/mol. The molecule has 0 aliphatic heterocycles. The van der Waals surface area contributed by atoms with Gasteiger partial charge in [0.15, 0.2) is 6.61 Å². The van der Waals surface area contributed by atoms with E-state index in [4.69, 9.17) is 9.84 Å². The maximum absolute atomic E-state index is 12.6. The summed E-state index contributed by atoms with van der Waals surface area (Å²) in [5, 5.41) is 8.87. The van der Waals surface area contributed by atoms with Crippen LogP contribution >= 0.6 is 0 Å². The number of aryl methyl sites for hydroxylation is 1. The number of aliphatic carboxylic acids is 1. The quantitative estimate of drug-likeness (QED) is 0.760. The third kappa shape index (κ3) is 4.26. The molecule has 2 unspecified atom stereocenters. The number of carbonyl (C=O) groups excluding carboxylic acids is 1. The van der Waals surface area contributed by atoms with Crippen LogP contribution in [0.25, 0.3) is 0 Å². The van der Waals surface area contributed by atoms with Gasteiger partial charge in [-0.05, 0) is 67.3 Å². The Balaban J connectivity index is 2.24. The van der Waals surface area contributed by atoms with Crippen molar-refractivity contribution in [3.05, 3.63) is 41.0 Å². The molecule has 2 atom stereocenters. The Bertz CT molecular complexity index is 710. The number of ether oxygens (including phenoxy) is 1. The number of benzene rings is 1. The number of rotatable bonds is 7. The minimum Gasteiger partial charge on any atom is -0.482 e. The fourth-order valence-corrected chi connectivity index (χ4v) is 3.87. The minimum atomic E-state index is -0.984. The van der Waals surface area contributed by atoms with E-state index >= 15 is 0 Å². The fraction of sp³-hybridized carbons (Fsp3) is 0.524. The van der Waals surface area contributed by atoms with Crippen molar-refractivity contribution in [3.63, 3.8) is 0 Å². The highest BCUT2D eigenvalue weighted by molar-refractivity contribution is 5.78. The molecule has 1 aromatic carbocycles. The van der Waals surface area contributed by atoms with E-state index in [0.717, 1.165) is 30.4 Å². The van der Waals surface area contributed by atoms with Gasteiger partial charge < -0.3 is 14.7 Å². The van der Waals surface area contributed by atoms with E-state index in [2.05, 4.69) is 6.58 Å². The molecule has 142 valence electrons. The number of fused-ring (bicyclic) bond motifs is 1. The highest BCUT2D eigenvalue weighted by Gasteiger charge is 2.31. The highest BCUT2D eigenvalue weighted by Crippen LogP contribution is 2.38. The average Bonchev–Trinajstić information content (AvgIpc) is 2.61. The summed E-state index contributed by atoms with van der Waals surface area (Å²) in [6.45, 7) is 9.93. The molecule has 2 rings (SSSR count). The molecule has 1 aromatic rings. The molecule has 0 heterocycles. The molecular formula is C21H29NO4. The first-order chi connectivity index (χ1) is 12.3. The van der Waals surface area contributed by atoms with Crippen LogP contribution in [0.1, 0.15) is 35.6 Å². The smallest absolute Gasteiger partial charge is 0.341 e. The summed E-state index contributed by atoms with van der Waals surface area (Å²) < 4.78 is 5.47. The van der Waals surface area contributed by atoms with Crippen LogP contribution in [0.5, 0.6) is 5.75 Å². The predicted molar refractivity (Wildman–Crippen MR) is 102 cm³/mol. The number of hydrogen-bond donors (Lipinski definition) is 1. The summed E-state index contributed by atoms with van der Waals surface area (Å²) in [5.41, 5.74) is 4.66. The van der Waals surface area contributed by atoms with Crippen molar-refractivity contribution in [2.75, 3.05) is 20.2 Å². The van der Waals surface area contributed by atoms with Crippen molar-refractivity contribution in [3.8, 4) is 5.75 Å². The van der Waals surface area contributed by atoms with Gasteiger partial charge in [0.25, 0.3) is 0 Å². The minimum absolute atomic E-state index is 0.0589. The molecule has 1 N–H and O–H groups in total. The molecule has 0 fully saturated rings. The lowest BCUT2D eigenvalue weighted by Crippen LogP contribution is -2.37. The summed E-state index contributed by atoms with van der Waals surface area (Å²) in [6, 6.07) is 1.93. The first-order valence-electron chi connectivity index (χ1n) is 9.08. The van der Waals surface area contributed by atoms with E-state index < -0.39 is 5.97 Å². The lowest BCUT2D eigenvalue weighted by Gasteiger charge is -2.33. The fourth-order valence-electron chi connectivity index (χ4n) is 3.87. The van der Waals surface area contributed by atoms with Crippen LogP contribution in [-0.4, -0.2) is 42.1 Å². The number of amides is 1. The monoisotopic (exact) mass is 359 g/mol. The number of nitrogens with zero attached hydrogens (tertiary/aromatic N) is 1. The zero-order chi connectivity index (χ0) is 19.4. The Kier molecular flexibility index (Phi) is 6.46. The van der Waals surface area contributed by atoms with Gasteiger partial charge in [-0.1, -0.05) is 13.0 Å². The van der Waals surface area contributed by atoms with E-state index in [1.165, 1.54) is 11.1 Å². The number of carboxylic acid groups (broad SMARTS) is 1. The molecular weight excluding hydrogens is 330 g/mol. The molecule has 0 spiro atoms. The zero-order valence-electron chi connectivity index (χ0n) is 16.2. The van der Waals surface area contributed by atoms with E-state index in [1.54, 1.807) is 11.0 Å². The van der Waals surface area contributed by atoms with Gasteiger partial charge >= 0.3 is 5.97 Å². The maximum Gasteiger partial charge on any atom is 0.341 e. The van der Waals surface area contributed by atoms with Gasteiger partial charge in [0.2, 0.25) is 5.91 Å². The van der Waals surface area contributed by atoms with Crippen LogP contribution in [-0.2, 0) is 22.4 Å². The van der Waals surface area contributed by atoms with Crippen molar-refractivity contribution in [2.24, 2.45) is 11.8 Å². The van der Waals surface area contributed by atoms with Crippen LogP contribution in [0, 0.1) is 25.7 Å². The summed E-state index contributed by atoms with van der Waals surface area (Å²) in [6.07, 6.45) is 4.48. The Morgan fingerprint density at radius 3 is 2.73 bits per heavy atom. The second-order valence-corrected chi connectivity index (χ2v) is 7.26. The SMILES string of the molecule is C=CCN(C)C(=O)C(C)C1CCc2c(C)cc(OCC(=O)O)c(C)c2C1. The third-order valence-corrected chi connectivity index (χ3v) is 5.47. The molecule has 0 radical (unpaired) electrons. The molecule has 1 aliphatic carbocycles. The number of likely N-dealkylation sites (N-methyl/N-ethyl adjacent to an activating group) is 1. The lowest BCUT2D eigenvalue weighted by atomic mass is 9.74. The van der Waals surface area contributed by atoms with E-state index in [0.29, 0.717) is 12.3 Å². The van der Waals surface area contributed by atoms with Gasteiger partial charge in [-0.2, -0.15) is 0 Å². The van der Waals surface area contributed by atoms with Gasteiger partial charge in [-0.15, -0.1) is 6.58 Å². The topological polar surface area (TPSA) is 66.8 Å². The maximum atomic E-state index is 12.6. The summed E-state index contributed by atoms with van der Waals surface area (Å²) >= 11 is 0. The van der Waals surface area contributed by atoms with Crippen molar-refractivity contribution in [1.29, 1.82) is 0 Å². The first-order valence-corrected chi connectivity index (χ1v) is 9.08.